The van der Waals surface area contributed by atoms with E-state index < -0.39 is 23.7 Å². The summed E-state index contributed by atoms with van der Waals surface area (Å²) in [4.78, 5) is 31.1. The number of aromatic nitrogens is 1. The molecule has 1 unspecified atom stereocenters. The van der Waals surface area contributed by atoms with Gasteiger partial charge in [0, 0.05) is 30.1 Å². The first-order chi connectivity index (χ1) is 14.3. The number of piperidine rings is 3. The number of nitrogens with zero attached hydrogens (tertiary/aromatic N) is 1. The van der Waals surface area contributed by atoms with Gasteiger partial charge in [0.05, 0.1) is 0 Å². The summed E-state index contributed by atoms with van der Waals surface area (Å²) in [7, 11) is 0. The Morgan fingerprint density at radius 3 is 2.63 bits per heavy atom. The van der Waals surface area contributed by atoms with Crippen LogP contribution in [-0.4, -0.2) is 59.3 Å². The summed E-state index contributed by atoms with van der Waals surface area (Å²) in [6.07, 6.45) is 3.62. The Morgan fingerprint density at radius 1 is 1.23 bits per heavy atom. The number of ether oxygens (including phenoxy) is 2. The standard InChI is InChI=1S/C23H31N3O4/c1-23(2,3)30-22(28)25-19(12-16-13-24-18-7-5-4-6-17(16)18)21(27)29-20-14-26-10-8-15(20)9-11-26/h4-7,13,15,19-20,24H,8-12,14H2,1-3H3,(H,25,28)/t19?,20-/m0/s1. The number of benzene rings is 1. The first-order valence-corrected chi connectivity index (χ1v) is 10.8. The molecule has 1 aromatic carbocycles. The van der Waals surface area contributed by atoms with Crippen LogP contribution in [0, 0.1) is 5.92 Å². The van der Waals surface area contributed by atoms with Crippen LogP contribution in [0.15, 0.2) is 30.5 Å². The van der Waals surface area contributed by atoms with Crippen molar-refractivity contribution in [2.75, 3.05) is 19.6 Å². The summed E-state index contributed by atoms with van der Waals surface area (Å²) in [5, 5.41) is 3.78. The van der Waals surface area contributed by atoms with Gasteiger partial charge in [-0.1, -0.05) is 18.2 Å². The summed E-state index contributed by atoms with van der Waals surface area (Å²) in [5.74, 6) is 0.0131. The van der Waals surface area contributed by atoms with Crippen molar-refractivity contribution in [3.63, 3.8) is 0 Å². The van der Waals surface area contributed by atoms with Crippen LogP contribution in [0.25, 0.3) is 10.9 Å². The number of esters is 1. The quantitative estimate of drug-likeness (QED) is 0.736. The molecule has 2 atom stereocenters. The minimum absolute atomic E-state index is 0.106. The first-order valence-electron chi connectivity index (χ1n) is 10.8. The minimum atomic E-state index is -0.811. The second kappa shape index (κ2) is 8.30. The van der Waals surface area contributed by atoms with E-state index in [1.165, 1.54) is 0 Å². The molecule has 1 aromatic heterocycles. The van der Waals surface area contributed by atoms with Gasteiger partial charge in [-0.2, -0.15) is 0 Å². The predicted molar refractivity (Wildman–Crippen MR) is 114 cm³/mol. The molecule has 1 amide bonds. The van der Waals surface area contributed by atoms with Gasteiger partial charge in [0.2, 0.25) is 0 Å². The number of carbonyl (C=O) groups excluding carboxylic acids is 2. The summed E-state index contributed by atoms with van der Waals surface area (Å²) in [6, 6.07) is 7.10. The van der Waals surface area contributed by atoms with Crippen LogP contribution in [0.2, 0.25) is 0 Å². The number of amides is 1. The van der Waals surface area contributed by atoms with Crippen molar-refractivity contribution in [3.8, 4) is 0 Å². The van der Waals surface area contributed by atoms with E-state index in [0.29, 0.717) is 12.3 Å². The van der Waals surface area contributed by atoms with Crippen molar-refractivity contribution < 1.29 is 19.1 Å². The summed E-state index contributed by atoms with van der Waals surface area (Å²) in [6.45, 7) is 8.33. The van der Waals surface area contributed by atoms with Crippen LogP contribution in [0.3, 0.4) is 0 Å². The van der Waals surface area contributed by atoms with Crippen LogP contribution in [-0.2, 0) is 20.7 Å². The Morgan fingerprint density at radius 2 is 1.97 bits per heavy atom. The Hall–Kier alpha value is -2.54. The second-order valence-corrected chi connectivity index (χ2v) is 9.38. The van der Waals surface area contributed by atoms with Gasteiger partial charge in [0.1, 0.15) is 17.7 Å². The molecule has 3 fully saturated rings. The van der Waals surface area contributed by atoms with Crippen molar-refractivity contribution in [2.45, 2.75) is 57.8 Å². The molecule has 3 aliphatic heterocycles. The van der Waals surface area contributed by atoms with Gasteiger partial charge in [-0.15, -0.1) is 0 Å². The number of alkyl carbamates (subject to hydrolysis) is 1. The molecule has 162 valence electrons. The van der Waals surface area contributed by atoms with Gasteiger partial charge >= 0.3 is 12.1 Å². The van der Waals surface area contributed by atoms with Crippen LogP contribution >= 0.6 is 0 Å². The van der Waals surface area contributed by atoms with E-state index in [1.807, 2.05) is 30.5 Å². The monoisotopic (exact) mass is 413 g/mol. The van der Waals surface area contributed by atoms with Crippen molar-refractivity contribution in [1.82, 2.24) is 15.2 Å². The van der Waals surface area contributed by atoms with E-state index in [1.54, 1.807) is 20.8 Å². The van der Waals surface area contributed by atoms with Crippen LogP contribution < -0.4 is 5.32 Å². The van der Waals surface area contributed by atoms with Gasteiger partial charge in [0.25, 0.3) is 0 Å². The fourth-order valence-corrected chi connectivity index (χ4v) is 4.44. The summed E-state index contributed by atoms with van der Waals surface area (Å²) in [5.41, 5.74) is 1.31. The summed E-state index contributed by atoms with van der Waals surface area (Å²) < 4.78 is 11.3. The molecule has 5 rings (SSSR count). The van der Waals surface area contributed by atoms with Crippen LogP contribution in [0.1, 0.15) is 39.2 Å². The van der Waals surface area contributed by atoms with Crippen LogP contribution in [0.4, 0.5) is 4.79 Å². The highest BCUT2D eigenvalue weighted by molar-refractivity contribution is 5.86. The third-order valence-electron chi connectivity index (χ3n) is 5.94. The van der Waals surface area contributed by atoms with Crippen molar-refractivity contribution in [1.29, 1.82) is 0 Å². The number of fused-ring (bicyclic) bond motifs is 4. The number of carbonyl (C=O) groups is 2. The number of rotatable bonds is 5. The first kappa shape index (κ1) is 20.7. The highest BCUT2D eigenvalue weighted by Gasteiger charge is 2.38. The Bertz CT molecular complexity index is 909. The van der Waals surface area contributed by atoms with E-state index in [2.05, 4.69) is 15.2 Å². The molecule has 3 aliphatic rings. The lowest BCUT2D eigenvalue weighted by Crippen LogP contribution is -2.54. The maximum Gasteiger partial charge on any atom is 0.408 e. The average Bonchev–Trinajstić information content (AvgIpc) is 3.10. The van der Waals surface area contributed by atoms with E-state index in [9.17, 15) is 9.59 Å². The highest BCUT2D eigenvalue weighted by Crippen LogP contribution is 2.30. The maximum atomic E-state index is 13.1. The lowest BCUT2D eigenvalue weighted by Gasteiger charge is -2.44. The molecule has 2 bridgehead atoms. The second-order valence-electron chi connectivity index (χ2n) is 9.38. The highest BCUT2D eigenvalue weighted by atomic mass is 16.6. The number of hydrogen-bond acceptors (Lipinski definition) is 5. The smallest absolute Gasteiger partial charge is 0.408 e. The fraction of sp³-hybridized carbons (Fsp3) is 0.565. The zero-order valence-electron chi connectivity index (χ0n) is 17.9. The predicted octanol–water partition coefficient (Wildman–Crippen LogP) is 3.24. The molecule has 7 nitrogen and oxygen atoms in total. The van der Waals surface area contributed by atoms with Crippen molar-refractivity contribution in [3.05, 3.63) is 36.0 Å². The van der Waals surface area contributed by atoms with Crippen molar-refractivity contribution >= 4 is 23.0 Å². The molecule has 0 saturated carbocycles. The minimum Gasteiger partial charge on any atom is -0.459 e. The van der Waals surface area contributed by atoms with E-state index in [0.717, 1.165) is 48.9 Å². The third-order valence-corrected chi connectivity index (χ3v) is 5.94. The molecule has 0 spiro atoms. The number of aromatic amines is 1. The number of H-pyrrole nitrogens is 1. The average molecular weight is 414 g/mol. The van der Waals surface area contributed by atoms with Crippen LogP contribution in [0.5, 0.6) is 0 Å². The zero-order chi connectivity index (χ0) is 21.3. The SMILES string of the molecule is CC(C)(C)OC(=O)NC(Cc1c[nH]c2ccccc12)C(=O)O[C@H]1CN2CCC1CC2. The van der Waals surface area contributed by atoms with Gasteiger partial charge in [0.15, 0.2) is 0 Å². The number of para-hydroxylation sites is 1. The lowest BCUT2D eigenvalue weighted by atomic mass is 9.86. The van der Waals surface area contributed by atoms with Gasteiger partial charge < -0.3 is 19.8 Å². The van der Waals surface area contributed by atoms with E-state index in [-0.39, 0.29) is 6.10 Å². The van der Waals surface area contributed by atoms with Crippen molar-refractivity contribution in [2.24, 2.45) is 5.92 Å². The van der Waals surface area contributed by atoms with Gasteiger partial charge in [-0.05, 0) is 64.3 Å². The lowest BCUT2D eigenvalue weighted by molar-refractivity contribution is -0.161. The normalized spacial score (nSPS) is 24.4. The fourth-order valence-electron chi connectivity index (χ4n) is 4.44. The number of hydrogen-bond donors (Lipinski definition) is 2. The molecule has 4 heterocycles. The van der Waals surface area contributed by atoms with E-state index >= 15 is 0 Å². The molecule has 0 aliphatic carbocycles. The Labute approximate surface area is 177 Å². The topological polar surface area (TPSA) is 83.7 Å². The molecule has 7 heteroatoms. The zero-order valence-corrected chi connectivity index (χ0v) is 17.9. The molecule has 30 heavy (non-hydrogen) atoms. The van der Waals surface area contributed by atoms with E-state index in [4.69, 9.17) is 9.47 Å². The van der Waals surface area contributed by atoms with Gasteiger partial charge in [-0.25, -0.2) is 9.59 Å². The third kappa shape index (κ3) is 4.78. The number of nitrogens with one attached hydrogen (secondary N) is 2. The molecular weight excluding hydrogens is 382 g/mol. The Kier molecular flexibility index (Phi) is 5.73. The molecule has 0 radical (unpaired) electrons. The molecule has 2 aromatic rings. The summed E-state index contributed by atoms with van der Waals surface area (Å²) >= 11 is 0. The Balaban J connectivity index is 1.50. The molecule has 2 N–H and O–H groups in total. The van der Waals surface area contributed by atoms with Gasteiger partial charge in [-0.3, -0.25) is 4.90 Å². The molecular formula is C23H31N3O4. The maximum absolute atomic E-state index is 13.1. The molecule has 3 saturated heterocycles. The largest absolute Gasteiger partial charge is 0.459 e.